The number of nitrogens with zero attached hydrogens (tertiary/aromatic N) is 1. The molecular formula is C13H11BrF3NO. The Bertz CT molecular complexity index is 604. The molecule has 2 aromatic heterocycles. The lowest BCUT2D eigenvalue weighted by Crippen LogP contribution is -2.14. The third kappa shape index (κ3) is 3.18. The fourth-order valence-corrected chi connectivity index (χ4v) is 2.55. The molecule has 0 saturated carbocycles. The van der Waals surface area contributed by atoms with E-state index >= 15 is 0 Å². The maximum atomic E-state index is 12.7. The Labute approximate surface area is 116 Å². The number of halogens is 4. The van der Waals surface area contributed by atoms with Gasteiger partial charge in [0.25, 0.3) is 0 Å². The highest BCUT2D eigenvalue weighted by Gasteiger charge is 2.30. The van der Waals surface area contributed by atoms with Crippen LogP contribution in [0, 0.1) is 0 Å². The molecule has 102 valence electrons. The molecule has 0 N–H and O–H groups in total. The van der Waals surface area contributed by atoms with Gasteiger partial charge in [-0.1, -0.05) is 0 Å². The second-order valence-electron chi connectivity index (χ2n) is 4.22. The molecule has 0 unspecified atom stereocenters. The van der Waals surface area contributed by atoms with Gasteiger partial charge in [-0.05, 0) is 46.1 Å². The molecule has 0 aliphatic rings. The van der Waals surface area contributed by atoms with Gasteiger partial charge in [-0.25, -0.2) is 0 Å². The molecule has 2 heterocycles. The van der Waals surface area contributed by atoms with Crippen molar-refractivity contribution in [3.8, 4) is 0 Å². The number of hydrogen-bond acceptors (Lipinski definition) is 1. The first-order valence-electron chi connectivity index (χ1n) is 5.70. The summed E-state index contributed by atoms with van der Waals surface area (Å²) in [6.07, 6.45) is -2.40. The minimum Gasteiger partial charge on any atom is -0.319 e. The van der Waals surface area contributed by atoms with Crippen molar-refractivity contribution in [2.45, 2.75) is 25.4 Å². The number of carbonyl (C=O) groups excluding carboxylic acids is 1. The second-order valence-corrected chi connectivity index (χ2v) is 5.08. The summed E-state index contributed by atoms with van der Waals surface area (Å²) in [7, 11) is 0. The van der Waals surface area contributed by atoms with Gasteiger partial charge in [0, 0.05) is 22.8 Å². The molecule has 0 fully saturated rings. The van der Waals surface area contributed by atoms with Crippen LogP contribution in [0.1, 0.15) is 17.7 Å². The predicted molar refractivity (Wildman–Crippen MR) is 69.2 cm³/mol. The molecule has 0 aromatic carbocycles. The first-order chi connectivity index (χ1) is 8.92. The molecule has 0 aliphatic carbocycles. The molecule has 6 heteroatoms. The summed E-state index contributed by atoms with van der Waals surface area (Å²) in [6, 6.07) is 5.16. The number of hydrogen-bond donors (Lipinski definition) is 0. The summed E-state index contributed by atoms with van der Waals surface area (Å²) in [5.74, 6) is 0. The van der Waals surface area contributed by atoms with Crippen LogP contribution in [0.25, 0.3) is 5.52 Å². The first kappa shape index (κ1) is 14.1. The smallest absolute Gasteiger partial charge is 0.319 e. The minimum absolute atomic E-state index is 0.200. The van der Waals surface area contributed by atoms with Crippen molar-refractivity contribution in [3.05, 3.63) is 40.1 Å². The van der Waals surface area contributed by atoms with Crippen LogP contribution >= 0.6 is 15.9 Å². The molecule has 2 nitrogen and oxygen atoms in total. The zero-order valence-electron chi connectivity index (χ0n) is 9.88. The van der Waals surface area contributed by atoms with Crippen LogP contribution in [0.5, 0.6) is 0 Å². The van der Waals surface area contributed by atoms with E-state index in [9.17, 15) is 18.0 Å². The van der Waals surface area contributed by atoms with E-state index in [4.69, 9.17) is 0 Å². The van der Waals surface area contributed by atoms with Crippen molar-refractivity contribution >= 4 is 27.7 Å². The maximum Gasteiger partial charge on any atom is 0.394 e. The fourth-order valence-electron chi connectivity index (χ4n) is 2.09. The van der Waals surface area contributed by atoms with E-state index in [1.807, 2.05) is 0 Å². The minimum atomic E-state index is -4.27. The molecule has 0 amide bonds. The van der Waals surface area contributed by atoms with E-state index in [0.29, 0.717) is 17.5 Å². The van der Waals surface area contributed by atoms with Crippen LogP contribution < -0.4 is 0 Å². The standard InChI is InChI=1S/C13H11BrF3NO/c14-10-4-1-5-18-11(10)7-9(3-2-6-19)12(18)8-13(15,16)17/h1,4-7H,2-3,8H2. The highest BCUT2D eigenvalue weighted by molar-refractivity contribution is 9.10. The SMILES string of the molecule is O=CCCc1cc2c(Br)cccn2c1CC(F)(F)F. The molecule has 0 aliphatic heterocycles. The average molecular weight is 334 g/mol. The van der Waals surface area contributed by atoms with Crippen LogP contribution in [-0.2, 0) is 17.6 Å². The zero-order valence-corrected chi connectivity index (χ0v) is 11.5. The Hall–Kier alpha value is -1.30. The number of rotatable bonds is 4. The Morgan fingerprint density at radius 1 is 1.37 bits per heavy atom. The van der Waals surface area contributed by atoms with Crippen molar-refractivity contribution in [2.24, 2.45) is 0 Å². The third-order valence-corrected chi connectivity index (χ3v) is 3.52. The van der Waals surface area contributed by atoms with Crippen molar-refractivity contribution in [1.29, 1.82) is 0 Å². The van der Waals surface area contributed by atoms with Crippen LogP contribution in [0.15, 0.2) is 28.9 Å². The van der Waals surface area contributed by atoms with Gasteiger partial charge in [0.2, 0.25) is 0 Å². The Kier molecular flexibility index (Phi) is 3.99. The lowest BCUT2D eigenvalue weighted by atomic mass is 10.1. The second kappa shape index (κ2) is 5.36. The van der Waals surface area contributed by atoms with Gasteiger partial charge in [0.05, 0.1) is 11.9 Å². The molecule has 0 saturated heterocycles. The number of aldehydes is 1. The molecule has 19 heavy (non-hydrogen) atoms. The monoisotopic (exact) mass is 333 g/mol. The number of carbonyl (C=O) groups is 1. The molecule has 2 aromatic rings. The van der Waals surface area contributed by atoms with Crippen LogP contribution in [-0.4, -0.2) is 16.9 Å². The summed E-state index contributed by atoms with van der Waals surface area (Å²) >= 11 is 3.32. The van der Waals surface area contributed by atoms with E-state index < -0.39 is 12.6 Å². The number of pyridine rings is 1. The summed E-state index contributed by atoms with van der Waals surface area (Å²) in [6.45, 7) is 0. The normalized spacial score (nSPS) is 12.0. The number of fused-ring (bicyclic) bond motifs is 1. The molecule has 2 rings (SSSR count). The highest BCUT2D eigenvalue weighted by atomic mass is 79.9. The Morgan fingerprint density at radius 2 is 2.11 bits per heavy atom. The molecule has 0 bridgehead atoms. The maximum absolute atomic E-state index is 12.7. The third-order valence-electron chi connectivity index (χ3n) is 2.85. The zero-order chi connectivity index (χ0) is 14.0. The average Bonchev–Trinajstić information content (AvgIpc) is 2.65. The molecule has 0 spiro atoms. The van der Waals surface area contributed by atoms with E-state index in [1.54, 1.807) is 24.4 Å². The van der Waals surface area contributed by atoms with Gasteiger partial charge in [0.15, 0.2) is 0 Å². The largest absolute Gasteiger partial charge is 0.394 e. The van der Waals surface area contributed by atoms with Crippen molar-refractivity contribution in [1.82, 2.24) is 4.40 Å². The van der Waals surface area contributed by atoms with Gasteiger partial charge >= 0.3 is 6.18 Å². The van der Waals surface area contributed by atoms with Crippen LogP contribution in [0.4, 0.5) is 13.2 Å². The van der Waals surface area contributed by atoms with Crippen LogP contribution in [0.3, 0.4) is 0 Å². The van der Waals surface area contributed by atoms with Crippen molar-refractivity contribution in [3.63, 3.8) is 0 Å². The van der Waals surface area contributed by atoms with Gasteiger partial charge in [-0.15, -0.1) is 0 Å². The Balaban J connectivity index is 2.54. The van der Waals surface area contributed by atoms with E-state index in [2.05, 4.69) is 15.9 Å². The first-order valence-corrected chi connectivity index (χ1v) is 6.49. The lowest BCUT2D eigenvalue weighted by molar-refractivity contribution is -0.128. The van der Waals surface area contributed by atoms with Crippen LogP contribution in [0.2, 0.25) is 0 Å². The van der Waals surface area contributed by atoms with Gasteiger partial charge in [-0.2, -0.15) is 13.2 Å². The van der Waals surface area contributed by atoms with Gasteiger partial charge in [0.1, 0.15) is 6.29 Å². The summed E-state index contributed by atoms with van der Waals surface area (Å²) in [5.41, 5.74) is 1.45. The predicted octanol–water partition coefficient (Wildman–Crippen LogP) is 3.94. The molecular weight excluding hydrogens is 323 g/mol. The number of alkyl halides is 3. The topological polar surface area (TPSA) is 21.5 Å². The van der Waals surface area contributed by atoms with E-state index in [-0.39, 0.29) is 12.1 Å². The molecule has 0 atom stereocenters. The quantitative estimate of drug-likeness (QED) is 0.776. The van der Waals surface area contributed by atoms with Gasteiger partial charge in [-0.3, -0.25) is 0 Å². The highest BCUT2D eigenvalue weighted by Crippen LogP contribution is 2.29. The lowest BCUT2D eigenvalue weighted by Gasteiger charge is -2.09. The summed E-state index contributed by atoms with van der Waals surface area (Å²) < 4.78 is 40.2. The summed E-state index contributed by atoms with van der Waals surface area (Å²) in [5, 5.41) is 0. The molecule has 0 radical (unpaired) electrons. The van der Waals surface area contributed by atoms with Crippen molar-refractivity contribution in [2.75, 3.05) is 0 Å². The Morgan fingerprint density at radius 3 is 2.74 bits per heavy atom. The fraction of sp³-hybridized carbons (Fsp3) is 0.308. The number of aromatic nitrogens is 1. The van der Waals surface area contributed by atoms with E-state index in [1.165, 1.54) is 4.40 Å². The van der Waals surface area contributed by atoms with Gasteiger partial charge < -0.3 is 9.20 Å². The van der Waals surface area contributed by atoms with E-state index in [0.717, 1.165) is 10.8 Å². The summed E-state index contributed by atoms with van der Waals surface area (Å²) in [4.78, 5) is 10.4. The number of aryl methyl sites for hydroxylation is 1. The van der Waals surface area contributed by atoms with Crippen molar-refractivity contribution < 1.29 is 18.0 Å².